The first kappa shape index (κ1) is 17.6. The van der Waals surface area contributed by atoms with E-state index < -0.39 is 17.6 Å². The lowest BCUT2D eigenvalue weighted by atomic mass is 10.2. The lowest BCUT2D eigenvalue weighted by molar-refractivity contribution is 0.0943. The minimum absolute atomic E-state index is 0.0381. The Morgan fingerprint density at radius 3 is 2.54 bits per heavy atom. The van der Waals surface area contributed by atoms with Crippen molar-refractivity contribution in [3.05, 3.63) is 82.8 Å². The number of benzene rings is 1. The quantitative estimate of drug-likeness (QED) is 0.715. The summed E-state index contributed by atoms with van der Waals surface area (Å²) in [5.74, 6) is -0.979. The molecule has 0 unspecified atom stereocenters. The zero-order valence-corrected chi connectivity index (χ0v) is 14.1. The maximum absolute atomic E-state index is 13.2. The van der Waals surface area contributed by atoms with Gasteiger partial charge in [0.15, 0.2) is 0 Å². The van der Waals surface area contributed by atoms with E-state index >= 15 is 0 Å². The molecule has 2 heterocycles. The van der Waals surface area contributed by atoms with Crippen LogP contribution in [0, 0.1) is 5.82 Å². The van der Waals surface area contributed by atoms with Crippen LogP contribution in [0.4, 0.5) is 10.1 Å². The van der Waals surface area contributed by atoms with E-state index in [1.54, 1.807) is 18.2 Å². The maximum atomic E-state index is 13.2. The van der Waals surface area contributed by atoms with Crippen LogP contribution >= 0.6 is 11.6 Å². The van der Waals surface area contributed by atoms with Crippen molar-refractivity contribution in [3.63, 3.8) is 0 Å². The Morgan fingerprint density at radius 1 is 1.08 bits per heavy atom. The second-order valence-electron chi connectivity index (χ2n) is 5.25. The highest BCUT2D eigenvalue weighted by Gasteiger charge is 2.13. The number of rotatable bonds is 5. The van der Waals surface area contributed by atoms with Crippen LogP contribution in [-0.4, -0.2) is 16.8 Å². The maximum Gasteiger partial charge on any atom is 0.274 e. The fourth-order valence-electron chi connectivity index (χ4n) is 2.13. The van der Waals surface area contributed by atoms with Gasteiger partial charge in [0, 0.05) is 5.69 Å². The molecule has 0 atom stereocenters. The van der Waals surface area contributed by atoms with E-state index in [4.69, 9.17) is 16.0 Å². The molecule has 3 aromatic rings. The SMILES string of the molecule is O=C(NCc1ccco1)c1cccc(C(=O)Nc2ccc(F)c(Cl)c2)n1. The summed E-state index contributed by atoms with van der Waals surface area (Å²) in [7, 11) is 0. The van der Waals surface area contributed by atoms with Gasteiger partial charge in [0.25, 0.3) is 11.8 Å². The molecule has 0 aliphatic rings. The molecule has 8 heteroatoms. The lowest BCUT2D eigenvalue weighted by Crippen LogP contribution is -2.24. The summed E-state index contributed by atoms with van der Waals surface area (Å²) in [6, 6.07) is 11.7. The lowest BCUT2D eigenvalue weighted by Gasteiger charge is -2.07. The number of nitrogens with one attached hydrogen (secondary N) is 2. The third kappa shape index (κ3) is 4.25. The van der Waals surface area contributed by atoms with E-state index in [-0.39, 0.29) is 23.0 Å². The van der Waals surface area contributed by atoms with Gasteiger partial charge < -0.3 is 15.1 Å². The highest BCUT2D eigenvalue weighted by molar-refractivity contribution is 6.31. The number of amides is 2. The molecule has 3 rings (SSSR count). The van der Waals surface area contributed by atoms with Crippen LogP contribution in [0.5, 0.6) is 0 Å². The summed E-state index contributed by atoms with van der Waals surface area (Å²) in [5, 5.41) is 5.08. The van der Waals surface area contributed by atoms with Gasteiger partial charge in [0.2, 0.25) is 0 Å². The standard InChI is InChI=1S/C18H13ClFN3O3/c19-13-9-11(6-7-14(13)20)22-18(25)16-5-1-4-15(23-16)17(24)21-10-12-3-2-8-26-12/h1-9H,10H2,(H,21,24)(H,22,25). The van der Waals surface area contributed by atoms with Gasteiger partial charge in [0.1, 0.15) is 23.0 Å². The molecule has 2 aromatic heterocycles. The van der Waals surface area contributed by atoms with Crippen molar-refractivity contribution < 1.29 is 18.4 Å². The van der Waals surface area contributed by atoms with Crippen molar-refractivity contribution in [2.24, 2.45) is 0 Å². The number of carbonyl (C=O) groups is 2. The average Bonchev–Trinajstić information content (AvgIpc) is 3.16. The fraction of sp³-hybridized carbons (Fsp3) is 0.0556. The van der Waals surface area contributed by atoms with Gasteiger partial charge in [-0.15, -0.1) is 0 Å². The molecule has 0 fully saturated rings. The van der Waals surface area contributed by atoms with Crippen molar-refractivity contribution in [2.45, 2.75) is 6.54 Å². The smallest absolute Gasteiger partial charge is 0.274 e. The number of anilines is 1. The Morgan fingerprint density at radius 2 is 1.85 bits per heavy atom. The van der Waals surface area contributed by atoms with E-state index in [1.807, 2.05) is 0 Å². The monoisotopic (exact) mass is 373 g/mol. The largest absolute Gasteiger partial charge is 0.467 e. The molecule has 2 amide bonds. The van der Waals surface area contributed by atoms with E-state index in [0.29, 0.717) is 11.4 Å². The topological polar surface area (TPSA) is 84.2 Å². The van der Waals surface area contributed by atoms with Crippen molar-refractivity contribution in [3.8, 4) is 0 Å². The van der Waals surface area contributed by atoms with Crippen LogP contribution in [0.25, 0.3) is 0 Å². The Labute approximate surface area is 153 Å². The van der Waals surface area contributed by atoms with Gasteiger partial charge in [-0.3, -0.25) is 9.59 Å². The number of hydrogen-bond acceptors (Lipinski definition) is 4. The highest BCUT2D eigenvalue weighted by Crippen LogP contribution is 2.19. The fourth-order valence-corrected chi connectivity index (χ4v) is 2.31. The predicted octanol–water partition coefficient (Wildman–Crippen LogP) is 3.65. The summed E-state index contributed by atoms with van der Waals surface area (Å²) in [6.45, 7) is 0.206. The van der Waals surface area contributed by atoms with Crippen molar-refractivity contribution >= 4 is 29.1 Å². The van der Waals surface area contributed by atoms with Crippen LogP contribution in [0.1, 0.15) is 26.7 Å². The van der Waals surface area contributed by atoms with Crippen LogP contribution < -0.4 is 10.6 Å². The molecule has 0 bridgehead atoms. The normalized spacial score (nSPS) is 10.4. The summed E-state index contributed by atoms with van der Waals surface area (Å²) >= 11 is 5.68. The van der Waals surface area contributed by atoms with E-state index in [1.165, 1.54) is 30.5 Å². The Bertz CT molecular complexity index is 945. The summed E-state index contributed by atoms with van der Waals surface area (Å²) < 4.78 is 18.3. The molecular weight excluding hydrogens is 361 g/mol. The van der Waals surface area contributed by atoms with Gasteiger partial charge in [-0.2, -0.15) is 0 Å². The number of nitrogens with zero attached hydrogens (tertiary/aromatic N) is 1. The minimum Gasteiger partial charge on any atom is -0.467 e. The van der Waals surface area contributed by atoms with Crippen LogP contribution in [0.15, 0.2) is 59.2 Å². The highest BCUT2D eigenvalue weighted by atomic mass is 35.5. The second-order valence-corrected chi connectivity index (χ2v) is 5.66. The number of furan rings is 1. The summed E-state index contributed by atoms with van der Waals surface area (Å²) in [4.78, 5) is 28.5. The molecule has 0 saturated carbocycles. The molecule has 26 heavy (non-hydrogen) atoms. The zero-order chi connectivity index (χ0) is 18.5. The first-order chi connectivity index (χ1) is 12.5. The van der Waals surface area contributed by atoms with Gasteiger partial charge in [-0.25, -0.2) is 9.37 Å². The number of aromatic nitrogens is 1. The zero-order valence-electron chi connectivity index (χ0n) is 13.3. The van der Waals surface area contributed by atoms with E-state index in [2.05, 4.69) is 15.6 Å². The molecule has 0 saturated heterocycles. The average molecular weight is 374 g/mol. The number of pyridine rings is 1. The molecular formula is C18H13ClFN3O3. The van der Waals surface area contributed by atoms with Gasteiger partial charge in [-0.1, -0.05) is 17.7 Å². The van der Waals surface area contributed by atoms with Crippen LogP contribution in [-0.2, 0) is 6.54 Å². The third-order valence-electron chi connectivity index (χ3n) is 3.40. The summed E-state index contributed by atoms with van der Waals surface area (Å²) in [6.07, 6.45) is 1.51. The second kappa shape index (κ2) is 7.79. The van der Waals surface area contributed by atoms with E-state index in [0.717, 1.165) is 6.07 Å². The summed E-state index contributed by atoms with van der Waals surface area (Å²) in [5.41, 5.74) is 0.438. The van der Waals surface area contributed by atoms with Crippen molar-refractivity contribution in [1.82, 2.24) is 10.3 Å². The predicted molar refractivity (Wildman–Crippen MR) is 93.5 cm³/mol. The van der Waals surface area contributed by atoms with Crippen molar-refractivity contribution in [2.75, 3.05) is 5.32 Å². The van der Waals surface area contributed by atoms with Gasteiger partial charge in [0.05, 0.1) is 17.8 Å². The molecule has 0 aliphatic heterocycles. The van der Waals surface area contributed by atoms with Gasteiger partial charge in [-0.05, 0) is 42.5 Å². The van der Waals surface area contributed by atoms with E-state index in [9.17, 15) is 14.0 Å². The number of halogens is 2. The Balaban J connectivity index is 1.68. The molecule has 0 spiro atoms. The number of hydrogen-bond donors (Lipinski definition) is 2. The first-order valence-electron chi connectivity index (χ1n) is 7.57. The molecule has 2 N–H and O–H groups in total. The Kier molecular flexibility index (Phi) is 5.28. The third-order valence-corrected chi connectivity index (χ3v) is 3.68. The minimum atomic E-state index is -0.585. The number of carbonyl (C=O) groups excluding carboxylic acids is 2. The van der Waals surface area contributed by atoms with Crippen LogP contribution in [0.2, 0.25) is 5.02 Å². The molecule has 0 aliphatic carbocycles. The molecule has 1 aromatic carbocycles. The van der Waals surface area contributed by atoms with Gasteiger partial charge >= 0.3 is 0 Å². The molecule has 0 radical (unpaired) electrons. The Hall–Kier alpha value is -3.19. The molecule has 6 nitrogen and oxygen atoms in total. The van der Waals surface area contributed by atoms with Crippen molar-refractivity contribution in [1.29, 1.82) is 0 Å². The molecule has 132 valence electrons. The van der Waals surface area contributed by atoms with Crippen LogP contribution in [0.3, 0.4) is 0 Å². The first-order valence-corrected chi connectivity index (χ1v) is 7.95.